The van der Waals surface area contributed by atoms with Crippen LogP contribution in [0.15, 0.2) is 30.6 Å². The number of pyridine rings is 1. The van der Waals surface area contributed by atoms with Crippen molar-refractivity contribution in [2.75, 3.05) is 23.7 Å². The van der Waals surface area contributed by atoms with Crippen molar-refractivity contribution in [1.82, 2.24) is 14.5 Å². The number of nitrogen functional groups attached to an aromatic ring is 1. The van der Waals surface area contributed by atoms with E-state index in [-0.39, 0.29) is 11.7 Å². The Morgan fingerprint density at radius 3 is 2.56 bits per heavy atom. The monoisotopic (exact) mass is 364 g/mol. The molecule has 7 nitrogen and oxygen atoms in total. The number of aromatic nitrogens is 3. The van der Waals surface area contributed by atoms with Crippen molar-refractivity contribution < 1.29 is 4.79 Å². The first-order valence-electron chi connectivity index (χ1n) is 9.20. The van der Waals surface area contributed by atoms with Gasteiger partial charge in [-0.2, -0.15) is 0 Å². The summed E-state index contributed by atoms with van der Waals surface area (Å²) in [5.41, 5.74) is 16.2. The van der Waals surface area contributed by atoms with Crippen molar-refractivity contribution in [2.24, 2.45) is 5.73 Å². The zero-order valence-electron chi connectivity index (χ0n) is 15.6. The maximum Gasteiger partial charge on any atom is 0.271 e. The van der Waals surface area contributed by atoms with Crippen LogP contribution in [0.25, 0.3) is 10.9 Å². The third-order valence-electron chi connectivity index (χ3n) is 5.58. The van der Waals surface area contributed by atoms with Crippen LogP contribution in [0.3, 0.4) is 0 Å². The maximum absolute atomic E-state index is 11.4. The number of imidazole rings is 1. The fraction of sp³-hybridized carbons (Fsp3) is 0.350. The largest absolute Gasteiger partial charge is 0.383 e. The number of fused-ring (bicyclic) bond motifs is 1. The summed E-state index contributed by atoms with van der Waals surface area (Å²) in [7, 11) is 0. The predicted octanol–water partition coefficient (Wildman–Crippen LogP) is 2.57. The molecule has 0 bridgehead atoms. The van der Waals surface area contributed by atoms with Gasteiger partial charge in [0.1, 0.15) is 5.82 Å². The average Bonchev–Trinajstić information content (AvgIpc) is 3.05. The van der Waals surface area contributed by atoms with Crippen LogP contribution in [-0.2, 0) is 0 Å². The number of nitrogens with two attached hydrogens (primary N) is 2. The number of hydrogen-bond acceptors (Lipinski definition) is 5. The minimum absolute atomic E-state index is 0.157. The molecule has 1 amide bonds. The highest BCUT2D eigenvalue weighted by Gasteiger charge is 2.26. The summed E-state index contributed by atoms with van der Waals surface area (Å²) in [4.78, 5) is 22.6. The molecule has 1 fully saturated rings. The maximum atomic E-state index is 11.4. The molecule has 3 heterocycles. The first-order chi connectivity index (χ1) is 13.0. The topological polar surface area (TPSA) is 103 Å². The lowest BCUT2D eigenvalue weighted by molar-refractivity contribution is 0.0997. The molecule has 0 saturated carbocycles. The third kappa shape index (κ3) is 2.89. The Kier molecular flexibility index (Phi) is 4.22. The minimum atomic E-state index is -0.585. The molecule has 140 valence electrons. The molecule has 0 radical (unpaired) electrons. The van der Waals surface area contributed by atoms with Crippen molar-refractivity contribution >= 4 is 28.3 Å². The Hall–Kier alpha value is -3.09. The molecule has 1 aliphatic heterocycles. The van der Waals surface area contributed by atoms with Gasteiger partial charge in [-0.1, -0.05) is 18.2 Å². The third-order valence-corrected chi connectivity index (χ3v) is 5.58. The molecule has 3 aromatic rings. The van der Waals surface area contributed by atoms with Gasteiger partial charge >= 0.3 is 0 Å². The summed E-state index contributed by atoms with van der Waals surface area (Å²) in [6.45, 7) is 6.02. The Labute approximate surface area is 158 Å². The summed E-state index contributed by atoms with van der Waals surface area (Å²) >= 11 is 0. The highest BCUT2D eigenvalue weighted by atomic mass is 16.1. The van der Waals surface area contributed by atoms with E-state index in [9.17, 15) is 4.79 Å². The van der Waals surface area contributed by atoms with Crippen LogP contribution < -0.4 is 16.4 Å². The molecule has 7 heteroatoms. The van der Waals surface area contributed by atoms with Gasteiger partial charge in [-0.25, -0.2) is 4.98 Å². The summed E-state index contributed by atoms with van der Waals surface area (Å²) in [5.74, 6) is -0.222. The van der Waals surface area contributed by atoms with Gasteiger partial charge in [-0.15, -0.1) is 0 Å². The number of rotatable bonds is 3. The van der Waals surface area contributed by atoms with Crippen molar-refractivity contribution in [3.8, 4) is 0 Å². The molecule has 0 atom stereocenters. The van der Waals surface area contributed by atoms with Crippen LogP contribution in [0.5, 0.6) is 0 Å². The van der Waals surface area contributed by atoms with E-state index in [1.807, 2.05) is 10.6 Å². The van der Waals surface area contributed by atoms with Gasteiger partial charge in [0.05, 0.1) is 17.5 Å². The Balaban J connectivity index is 1.61. The van der Waals surface area contributed by atoms with Crippen LogP contribution in [0.4, 0.5) is 11.5 Å². The normalized spacial score (nSPS) is 15.4. The quantitative estimate of drug-likeness (QED) is 0.743. The van der Waals surface area contributed by atoms with E-state index in [2.05, 4.69) is 41.9 Å². The lowest BCUT2D eigenvalue weighted by atomic mass is 10.0. The SMILES string of the molecule is Cc1nc2ccccc2c(N2CCC(n3cnc(C(N)=O)c3N)CC2)c1C. The van der Waals surface area contributed by atoms with Crippen LogP contribution in [0.1, 0.15) is 40.6 Å². The smallest absolute Gasteiger partial charge is 0.271 e. The lowest BCUT2D eigenvalue weighted by Gasteiger charge is -2.36. The van der Waals surface area contributed by atoms with Crippen molar-refractivity contribution in [3.63, 3.8) is 0 Å². The first-order valence-corrected chi connectivity index (χ1v) is 9.20. The number of carbonyl (C=O) groups excluding carboxylic acids is 1. The van der Waals surface area contributed by atoms with Crippen molar-refractivity contribution in [3.05, 3.63) is 47.5 Å². The molecule has 2 aromatic heterocycles. The van der Waals surface area contributed by atoms with Crippen LogP contribution in [-0.4, -0.2) is 33.5 Å². The van der Waals surface area contributed by atoms with E-state index in [1.54, 1.807) is 6.33 Å². The number of hydrogen-bond donors (Lipinski definition) is 2. The molecule has 4 rings (SSSR count). The Morgan fingerprint density at radius 2 is 1.89 bits per heavy atom. The highest BCUT2D eigenvalue weighted by Crippen LogP contribution is 2.35. The second-order valence-electron chi connectivity index (χ2n) is 7.16. The summed E-state index contributed by atoms with van der Waals surface area (Å²) in [5, 5.41) is 1.19. The van der Waals surface area contributed by atoms with Gasteiger partial charge in [0.2, 0.25) is 0 Å². The predicted molar refractivity (Wildman–Crippen MR) is 107 cm³/mol. The second-order valence-corrected chi connectivity index (χ2v) is 7.16. The van der Waals surface area contributed by atoms with Crippen LogP contribution in [0, 0.1) is 13.8 Å². The molecule has 27 heavy (non-hydrogen) atoms. The minimum Gasteiger partial charge on any atom is -0.383 e. The van der Waals surface area contributed by atoms with Gasteiger partial charge in [-0.3, -0.25) is 9.78 Å². The van der Waals surface area contributed by atoms with Crippen LogP contribution >= 0.6 is 0 Å². The molecule has 1 aliphatic rings. The molecule has 1 aromatic carbocycles. The summed E-state index contributed by atoms with van der Waals surface area (Å²) in [6, 6.07) is 8.51. The van der Waals surface area contributed by atoms with E-state index in [4.69, 9.17) is 16.5 Å². The molecule has 1 saturated heterocycles. The van der Waals surface area contributed by atoms with E-state index in [0.29, 0.717) is 5.82 Å². The number of nitrogens with zero attached hydrogens (tertiary/aromatic N) is 4. The van der Waals surface area contributed by atoms with Gasteiger partial charge in [0.15, 0.2) is 5.69 Å². The number of amides is 1. The van der Waals surface area contributed by atoms with Gasteiger partial charge in [-0.05, 0) is 38.3 Å². The fourth-order valence-electron chi connectivity index (χ4n) is 4.04. The number of benzene rings is 1. The van der Waals surface area contributed by atoms with E-state index < -0.39 is 5.91 Å². The molecule has 0 spiro atoms. The Bertz CT molecular complexity index is 1020. The summed E-state index contributed by atoms with van der Waals surface area (Å²) < 4.78 is 1.89. The number of aryl methyl sites for hydroxylation is 1. The zero-order valence-corrected chi connectivity index (χ0v) is 15.6. The molecule has 4 N–H and O–H groups in total. The van der Waals surface area contributed by atoms with E-state index in [0.717, 1.165) is 37.1 Å². The van der Waals surface area contributed by atoms with E-state index >= 15 is 0 Å². The number of piperidine rings is 1. The standard InChI is InChI=1S/C20H24N6O/c1-12-13(2)24-16-6-4-3-5-15(16)18(12)25-9-7-14(8-10-25)26-11-23-17(19(26)21)20(22)27/h3-6,11,14H,7-10,21H2,1-2H3,(H2,22,27). The average molecular weight is 364 g/mol. The molecular formula is C20H24N6O. The lowest BCUT2D eigenvalue weighted by Crippen LogP contribution is -2.35. The number of anilines is 2. The molecule has 0 unspecified atom stereocenters. The first kappa shape index (κ1) is 17.3. The Morgan fingerprint density at radius 1 is 1.19 bits per heavy atom. The highest BCUT2D eigenvalue weighted by molar-refractivity contribution is 5.95. The number of primary amides is 1. The van der Waals surface area contributed by atoms with Gasteiger partial charge in [0, 0.05) is 30.2 Å². The number of carbonyl (C=O) groups is 1. The fourth-order valence-corrected chi connectivity index (χ4v) is 4.04. The molecular weight excluding hydrogens is 340 g/mol. The van der Waals surface area contributed by atoms with Gasteiger partial charge in [0.25, 0.3) is 5.91 Å². The van der Waals surface area contributed by atoms with Gasteiger partial charge < -0.3 is 20.9 Å². The van der Waals surface area contributed by atoms with Crippen molar-refractivity contribution in [2.45, 2.75) is 32.7 Å². The van der Waals surface area contributed by atoms with E-state index in [1.165, 1.54) is 16.6 Å². The van der Waals surface area contributed by atoms with Crippen LogP contribution in [0.2, 0.25) is 0 Å². The molecule has 0 aliphatic carbocycles. The number of para-hydroxylation sites is 1. The van der Waals surface area contributed by atoms with Crippen molar-refractivity contribution in [1.29, 1.82) is 0 Å². The second kappa shape index (κ2) is 6.57. The summed E-state index contributed by atoms with van der Waals surface area (Å²) in [6.07, 6.45) is 3.48. The zero-order chi connectivity index (χ0) is 19.1.